The molecule has 1 N–H and O–H groups in total. The summed E-state index contributed by atoms with van der Waals surface area (Å²) in [5.41, 5.74) is 2.16. The van der Waals surface area contributed by atoms with Crippen molar-refractivity contribution in [2.75, 3.05) is 43.0 Å². The van der Waals surface area contributed by atoms with E-state index in [-0.39, 0.29) is 6.61 Å². The second-order valence-corrected chi connectivity index (χ2v) is 12.3. The van der Waals surface area contributed by atoms with Gasteiger partial charge in [-0.2, -0.15) is 9.97 Å². The average Bonchev–Trinajstić information content (AvgIpc) is 3.13. The minimum absolute atomic E-state index is 0.270. The van der Waals surface area contributed by atoms with E-state index in [1.165, 1.54) is 5.56 Å². The molecule has 5 aromatic rings. The Bertz CT molecular complexity index is 1770. The summed E-state index contributed by atoms with van der Waals surface area (Å²) in [4.78, 5) is 27.4. The number of nitrogens with zero attached hydrogens (tertiary/aromatic N) is 4. The molecule has 0 spiro atoms. The van der Waals surface area contributed by atoms with E-state index in [1.807, 2.05) is 78.9 Å². The van der Waals surface area contributed by atoms with Crippen molar-refractivity contribution in [1.82, 2.24) is 14.9 Å². The molecule has 4 aromatic carbocycles. The largest absolute Gasteiger partial charge is 0.476 e. The molecule has 1 aromatic heterocycles. The lowest BCUT2D eigenvalue weighted by Gasteiger charge is -2.35. The van der Waals surface area contributed by atoms with Crippen molar-refractivity contribution < 1.29 is 19.0 Å². The molecule has 1 atom stereocenters. The van der Waals surface area contributed by atoms with E-state index in [2.05, 4.69) is 57.6 Å². The van der Waals surface area contributed by atoms with Gasteiger partial charge in [-0.25, -0.2) is 4.79 Å². The van der Waals surface area contributed by atoms with Gasteiger partial charge in [0.2, 0.25) is 17.4 Å². The first kappa shape index (κ1) is 33.5. The van der Waals surface area contributed by atoms with Gasteiger partial charge in [0, 0.05) is 51.8 Å². The molecule has 1 unspecified atom stereocenters. The van der Waals surface area contributed by atoms with Gasteiger partial charge >= 0.3 is 5.97 Å². The lowest BCUT2D eigenvalue weighted by atomic mass is 9.96. The van der Waals surface area contributed by atoms with E-state index < -0.39 is 11.6 Å². The van der Waals surface area contributed by atoms with Crippen molar-refractivity contribution in [3.8, 4) is 17.4 Å². The Morgan fingerprint density at radius 3 is 2.04 bits per heavy atom. The molecule has 6 rings (SSSR count). The average molecular weight is 658 g/mol. The van der Waals surface area contributed by atoms with Gasteiger partial charge in [-0.05, 0) is 54.8 Å². The van der Waals surface area contributed by atoms with Crippen LogP contribution in [0.25, 0.3) is 0 Å². The van der Waals surface area contributed by atoms with Gasteiger partial charge in [-0.1, -0.05) is 91.0 Å². The van der Waals surface area contributed by atoms with E-state index in [9.17, 15) is 4.79 Å². The smallest absolute Gasteiger partial charge is 0.350 e. The topological polar surface area (TPSA) is 89.1 Å². The number of benzene rings is 4. The molecule has 0 aliphatic carbocycles. The number of hydrogen-bond acceptors (Lipinski definition) is 9. The number of aromatic nitrogens is 2. The Morgan fingerprint density at radius 2 is 1.39 bits per heavy atom. The number of hydrogen-bond donors (Lipinski definition) is 1. The minimum Gasteiger partial charge on any atom is -0.476 e. The van der Waals surface area contributed by atoms with E-state index in [1.54, 1.807) is 13.8 Å². The molecule has 1 aliphatic rings. The van der Waals surface area contributed by atoms with Crippen molar-refractivity contribution in [1.29, 1.82) is 0 Å². The maximum absolute atomic E-state index is 13.0. The van der Waals surface area contributed by atoms with Gasteiger partial charge in [0.05, 0.1) is 6.61 Å². The fraction of sp³-hybridized carbons (Fsp3) is 0.275. The lowest BCUT2D eigenvalue weighted by molar-refractivity contribution is -0.160. The number of ether oxygens (including phenoxy) is 3. The molecule has 1 saturated heterocycles. The molecule has 0 bridgehead atoms. The quantitative estimate of drug-likeness (QED) is 0.125. The predicted molar refractivity (Wildman–Crippen MR) is 192 cm³/mol. The summed E-state index contributed by atoms with van der Waals surface area (Å²) < 4.78 is 17.9. The van der Waals surface area contributed by atoms with Crippen molar-refractivity contribution >= 4 is 17.7 Å². The van der Waals surface area contributed by atoms with Crippen LogP contribution in [0.15, 0.2) is 121 Å². The maximum atomic E-state index is 13.0. The Kier molecular flexibility index (Phi) is 11.0. The van der Waals surface area contributed by atoms with Gasteiger partial charge in [0.1, 0.15) is 17.3 Å². The SMILES string of the molecule is CCOC(=O)C(C)(Cc1ccc(Oc2cc(N3CCN(Cc4ccccc4)CC3)nc(NCc3ccccc3)n2)cc1)Oc1ccccc1. The molecule has 9 nitrogen and oxygen atoms in total. The standard InChI is InChI=1S/C40H43N5O4/c1-3-47-38(46)40(2,49-35-17-11-6-12-18-35)28-31-19-21-34(22-20-31)48-37-27-36(42-39(43-37)41-29-32-13-7-4-8-14-32)45-25-23-44(24-26-45)30-33-15-9-5-10-16-33/h4-22,27H,3,23-26,28-30H2,1-2H3,(H,41,42,43). The van der Waals surface area contributed by atoms with Crippen LogP contribution in [-0.4, -0.2) is 59.2 Å². The van der Waals surface area contributed by atoms with Crippen molar-refractivity contribution in [3.63, 3.8) is 0 Å². The number of anilines is 2. The zero-order valence-electron chi connectivity index (χ0n) is 28.1. The Labute approximate surface area is 288 Å². The molecular weight excluding hydrogens is 614 g/mol. The highest BCUT2D eigenvalue weighted by atomic mass is 16.6. The first-order valence-electron chi connectivity index (χ1n) is 16.8. The summed E-state index contributed by atoms with van der Waals surface area (Å²) >= 11 is 0. The van der Waals surface area contributed by atoms with Crippen LogP contribution < -0.4 is 19.7 Å². The number of carbonyl (C=O) groups is 1. The van der Waals surface area contributed by atoms with Crippen LogP contribution >= 0.6 is 0 Å². The van der Waals surface area contributed by atoms with Crippen LogP contribution in [0.3, 0.4) is 0 Å². The summed E-state index contributed by atoms with van der Waals surface area (Å²) in [5.74, 6) is 2.58. The van der Waals surface area contributed by atoms with Gasteiger partial charge in [0.25, 0.3) is 0 Å². The number of para-hydroxylation sites is 1. The third-order valence-electron chi connectivity index (χ3n) is 8.41. The highest BCUT2D eigenvalue weighted by Gasteiger charge is 2.37. The van der Waals surface area contributed by atoms with Crippen LogP contribution in [0, 0.1) is 0 Å². The Morgan fingerprint density at radius 1 is 0.755 bits per heavy atom. The second-order valence-electron chi connectivity index (χ2n) is 12.3. The summed E-state index contributed by atoms with van der Waals surface area (Å²) in [6.07, 6.45) is 0.322. The second kappa shape index (κ2) is 16.1. The van der Waals surface area contributed by atoms with Crippen molar-refractivity contribution in [2.45, 2.75) is 39.0 Å². The summed E-state index contributed by atoms with van der Waals surface area (Å²) in [6, 6.07) is 39.6. The first-order valence-corrected chi connectivity index (χ1v) is 16.8. The summed E-state index contributed by atoms with van der Waals surface area (Å²) in [7, 11) is 0. The molecule has 0 saturated carbocycles. The molecule has 2 heterocycles. The zero-order valence-corrected chi connectivity index (χ0v) is 28.1. The lowest BCUT2D eigenvalue weighted by Crippen LogP contribution is -2.46. The van der Waals surface area contributed by atoms with Crippen molar-refractivity contribution in [3.05, 3.63) is 138 Å². The first-order chi connectivity index (χ1) is 24.0. The van der Waals surface area contributed by atoms with Crippen molar-refractivity contribution in [2.24, 2.45) is 0 Å². The molecule has 9 heteroatoms. The zero-order chi connectivity index (χ0) is 33.9. The number of nitrogens with one attached hydrogen (secondary N) is 1. The van der Waals surface area contributed by atoms with Gasteiger partial charge in [0.15, 0.2) is 0 Å². The third-order valence-corrected chi connectivity index (χ3v) is 8.41. The summed E-state index contributed by atoms with van der Waals surface area (Å²) in [5, 5.41) is 3.39. The Hall–Kier alpha value is -5.41. The van der Waals surface area contributed by atoms with E-state index in [0.717, 1.165) is 49.7 Å². The normalized spacial score (nSPS) is 14.4. The van der Waals surface area contributed by atoms with Crippen LogP contribution in [0.1, 0.15) is 30.5 Å². The predicted octanol–water partition coefficient (Wildman–Crippen LogP) is 7.15. The summed E-state index contributed by atoms with van der Waals surface area (Å²) in [6.45, 7) is 8.91. The van der Waals surface area contributed by atoms with Gasteiger partial charge in [-0.3, -0.25) is 4.90 Å². The number of carbonyl (C=O) groups excluding carboxylic acids is 1. The van der Waals surface area contributed by atoms with Crippen LogP contribution in [0.4, 0.5) is 11.8 Å². The molecule has 0 radical (unpaired) electrons. The molecule has 1 fully saturated rings. The van der Waals surface area contributed by atoms with E-state index in [4.69, 9.17) is 24.2 Å². The molecule has 0 amide bonds. The number of esters is 1. The number of piperazine rings is 1. The fourth-order valence-electron chi connectivity index (χ4n) is 5.83. The van der Waals surface area contributed by atoms with Gasteiger partial charge < -0.3 is 24.4 Å². The monoisotopic (exact) mass is 657 g/mol. The van der Waals surface area contributed by atoms with Crippen LogP contribution in [-0.2, 0) is 29.0 Å². The molecule has 49 heavy (non-hydrogen) atoms. The van der Waals surface area contributed by atoms with E-state index in [0.29, 0.717) is 36.3 Å². The number of rotatable bonds is 14. The highest BCUT2D eigenvalue weighted by Crippen LogP contribution is 2.29. The Balaban J connectivity index is 1.16. The van der Waals surface area contributed by atoms with E-state index >= 15 is 0 Å². The maximum Gasteiger partial charge on any atom is 0.350 e. The third kappa shape index (κ3) is 9.36. The molecule has 1 aliphatic heterocycles. The fourth-order valence-corrected chi connectivity index (χ4v) is 5.83. The van der Waals surface area contributed by atoms with Gasteiger partial charge in [-0.15, -0.1) is 0 Å². The molecular formula is C40H43N5O4. The van der Waals surface area contributed by atoms with Crippen LogP contribution in [0.2, 0.25) is 0 Å². The highest BCUT2D eigenvalue weighted by molar-refractivity contribution is 5.80. The van der Waals surface area contributed by atoms with Crippen LogP contribution in [0.5, 0.6) is 17.4 Å². The molecule has 252 valence electrons. The minimum atomic E-state index is -1.20.